The smallest absolute Gasteiger partial charge is 0.237 e. The lowest BCUT2D eigenvalue weighted by Crippen LogP contribution is -2.43. The zero-order valence-corrected chi connectivity index (χ0v) is 13.1. The van der Waals surface area contributed by atoms with Gasteiger partial charge in [0.2, 0.25) is 5.91 Å². The summed E-state index contributed by atoms with van der Waals surface area (Å²) in [4.78, 5) is 11.8. The van der Waals surface area contributed by atoms with Gasteiger partial charge in [0.15, 0.2) is 0 Å². The van der Waals surface area contributed by atoms with Crippen LogP contribution >= 0.6 is 0 Å². The topological polar surface area (TPSA) is 73.6 Å². The van der Waals surface area contributed by atoms with Crippen molar-refractivity contribution in [3.8, 4) is 5.75 Å². The largest absolute Gasteiger partial charge is 0.493 e. The molecule has 0 radical (unpaired) electrons. The average Bonchev–Trinajstić information content (AvgIpc) is 2.48. The molecule has 118 valence electrons. The highest BCUT2D eigenvalue weighted by Gasteiger charge is 2.16. The predicted octanol–water partition coefficient (Wildman–Crippen LogP) is 1.70. The number of ether oxygens (including phenoxy) is 2. The van der Waals surface area contributed by atoms with Gasteiger partial charge in [-0.1, -0.05) is 26.0 Å². The van der Waals surface area contributed by atoms with Gasteiger partial charge in [-0.25, -0.2) is 0 Å². The number of nitrogens with one attached hydrogen (secondary N) is 1. The quantitative estimate of drug-likeness (QED) is 0.680. The van der Waals surface area contributed by atoms with Gasteiger partial charge < -0.3 is 20.5 Å². The maximum atomic E-state index is 11.8. The number of methoxy groups -OCH3 is 1. The summed E-state index contributed by atoms with van der Waals surface area (Å²) >= 11 is 0. The second kappa shape index (κ2) is 9.37. The summed E-state index contributed by atoms with van der Waals surface area (Å²) in [7, 11) is 1.67. The van der Waals surface area contributed by atoms with Gasteiger partial charge in [-0.15, -0.1) is 0 Å². The predicted molar refractivity (Wildman–Crippen MR) is 83.1 cm³/mol. The number of benzene rings is 1. The van der Waals surface area contributed by atoms with Crippen LogP contribution in [0.2, 0.25) is 0 Å². The SMILES string of the molecule is COCCCOc1cccc(CNC(=O)[C@@H](N)C(C)C)c1. The number of carbonyl (C=O) groups excluding carboxylic acids is 1. The summed E-state index contributed by atoms with van der Waals surface area (Å²) in [6.45, 7) is 5.61. The molecule has 0 aliphatic rings. The minimum Gasteiger partial charge on any atom is -0.493 e. The van der Waals surface area contributed by atoms with Gasteiger partial charge in [0.25, 0.3) is 0 Å². The maximum absolute atomic E-state index is 11.8. The van der Waals surface area contributed by atoms with Crippen LogP contribution < -0.4 is 15.8 Å². The summed E-state index contributed by atoms with van der Waals surface area (Å²) in [5.74, 6) is 0.794. The lowest BCUT2D eigenvalue weighted by molar-refractivity contribution is -0.123. The van der Waals surface area contributed by atoms with Crippen LogP contribution in [0.4, 0.5) is 0 Å². The molecule has 0 aromatic heterocycles. The fourth-order valence-corrected chi connectivity index (χ4v) is 1.75. The monoisotopic (exact) mass is 294 g/mol. The summed E-state index contributed by atoms with van der Waals surface area (Å²) in [6.07, 6.45) is 0.848. The van der Waals surface area contributed by atoms with Crippen LogP contribution in [-0.2, 0) is 16.1 Å². The maximum Gasteiger partial charge on any atom is 0.237 e. The highest BCUT2D eigenvalue weighted by Crippen LogP contribution is 2.13. The molecule has 0 bridgehead atoms. The van der Waals surface area contributed by atoms with Crippen molar-refractivity contribution in [3.05, 3.63) is 29.8 Å². The van der Waals surface area contributed by atoms with Crippen molar-refractivity contribution in [2.75, 3.05) is 20.3 Å². The zero-order valence-electron chi connectivity index (χ0n) is 13.1. The Kier molecular flexibility index (Phi) is 7.79. The summed E-state index contributed by atoms with van der Waals surface area (Å²) in [5, 5.41) is 2.84. The number of amides is 1. The van der Waals surface area contributed by atoms with Crippen LogP contribution in [0.1, 0.15) is 25.8 Å². The Morgan fingerprint density at radius 3 is 2.76 bits per heavy atom. The lowest BCUT2D eigenvalue weighted by atomic mass is 10.0. The Hall–Kier alpha value is -1.59. The first-order valence-electron chi connectivity index (χ1n) is 7.28. The molecular weight excluding hydrogens is 268 g/mol. The standard InChI is InChI=1S/C16H26N2O3/c1-12(2)15(17)16(19)18-11-13-6-4-7-14(10-13)21-9-5-8-20-3/h4,6-7,10,12,15H,5,8-9,11,17H2,1-3H3,(H,18,19)/t15-/m0/s1. The third-order valence-electron chi connectivity index (χ3n) is 3.15. The molecule has 0 fully saturated rings. The molecule has 0 saturated heterocycles. The van der Waals surface area contributed by atoms with Crippen molar-refractivity contribution in [3.63, 3.8) is 0 Å². The molecule has 0 aliphatic heterocycles. The summed E-state index contributed by atoms with van der Waals surface area (Å²) in [5.41, 5.74) is 6.79. The highest BCUT2D eigenvalue weighted by molar-refractivity contribution is 5.81. The molecule has 3 N–H and O–H groups in total. The molecule has 0 saturated carbocycles. The van der Waals surface area contributed by atoms with Crippen molar-refractivity contribution >= 4 is 5.91 Å². The third-order valence-corrected chi connectivity index (χ3v) is 3.15. The number of rotatable bonds is 9. The molecule has 5 heteroatoms. The van der Waals surface area contributed by atoms with E-state index in [0.717, 1.165) is 17.7 Å². The van der Waals surface area contributed by atoms with E-state index in [4.69, 9.17) is 15.2 Å². The zero-order chi connectivity index (χ0) is 15.7. The first-order chi connectivity index (χ1) is 10.0. The molecule has 1 aromatic rings. The van der Waals surface area contributed by atoms with E-state index in [1.165, 1.54) is 0 Å². The van der Waals surface area contributed by atoms with Gasteiger partial charge in [0.1, 0.15) is 5.75 Å². The van der Waals surface area contributed by atoms with Gasteiger partial charge in [0, 0.05) is 26.7 Å². The highest BCUT2D eigenvalue weighted by atomic mass is 16.5. The molecule has 1 rings (SSSR count). The van der Waals surface area contributed by atoms with Crippen molar-refractivity contribution in [1.29, 1.82) is 0 Å². The summed E-state index contributed by atoms with van der Waals surface area (Å²) < 4.78 is 10.6. The molecule has 21 heavy (non-hydrogen) atoms. The summed E-state index contributed by atoms with van der Waals surface area (Å²) in [6, 6.07) is 7.21. The van der Waals surface area contributed by atoms with Gasteiger partial charge in [-0.3, -0.25) is 4.79 Å². The first kappa shape index (κ1) is 17.5. The third kappa shape index (κ3) is 6.60. The Morgan fingerprint density at radius 1 is 1.33 bits per heavy atom. The molecule has 1 atom stereocenters. The normalized spacial score (nSPS) is 12.2. The molecule has 5 nitrogen and oxygen atoms in total. The van der Waals surface area contributed by atoms with E-state index < -0.39 is 6.04 Å². The fourth-order valence-electron chi connectivity index (χ4n) is 1.75. The number of carbonyl (C=O) groups is 1. The molecule has 0 aliphatic carbocycles. The van der Waals surface area contributed by atoms with E-state index >= 15 is 0 Å². The van der Waals surface area contributed by atoms with E-state index in [2.05, 4.69) is 5.32 Å². The van der Waals surface area contributed by atoms with E-state index in [0.29, 0.717) is 19.8 Å². The molecule has 0 heterocycles. The van der Waals surface area contributed by atoms with E-state index in [9.17, 15) is 4.79 Å². The average molecular weight is 294 g/mol. The van der Waals surface area contributed by atoms with E-state index in [-0.39, 0.29) is 11.8 Å². The van der Waals surface area contributed by atoms with Crippen LogP contribution in [0.3, 0.4) is 0 Å². The second-order valence-electron chi connectivity index (χ2n) is 5.33. The molecule has 0 spiro atoms. The Balaban J connectivity index is 2.43. The van der Waals surface area contributed by atoms with E-state index in [1.807, 2.05) is 38.1 Å². The van der Waals surface area contributed by atoms with Gasteiger partial charge in [-0.05, 0) is 23.6 Å². The number of hydrogen-bond acceptors (Lipinski definition) is 4. The molecule has 1 aromatic carbocycles. The molecule has 1 amide bonds. The Labute approximate surface area is 126 Å². The van der Waals surface area contributed by atoms with Crippen LogP contribution in [0.25, 0.3) is 0 Å². The van der Waals surface area contributed by atoms with Gasteiger partial charge >= 0.3 is 0 Å². The van der Waals surface area contributed by atoms with E-state index in [1.54, 1.807) is 7.11 Å². The minimum absolute atomic E-state index is 0.125. The van der Waals surface area contributed by atoms with Crippen LogP contribution in [-0.4, -0.2) is 32.3 Å². The van der Waals surface area contributed by atoms with Crippen molar-refractivity contribution in [1.82, 2.24) is 5.32 Å². The first-order valence-corrected chi connectivity index (χ1v) is 7.28. The Morgan fingerprint density at radius 2 is 2.10 bits per heavy atom. The fraction of sp³-hybridized carbons (Fsp3) is 0.562. The van der Waals surface area contributed by atoms with Gasteiger partial charge in [-0.2, -0.15) is 0 Å². The van der Waals surface area contributed by atoms with Gasteiger partial charge in [0.05, 0.1) is 12.6 Å². The van der Waals surface area contributed by atoms with Crippen molar-refractivity contribution < 1.29 is 14.3 Å². The Bertz CT molecular complexity index is 435. The molecule has 0 unspecified atom stereocenters. The minimum atomic E-state index is -0.474. The number of nitrogens with two attached hydrogens (primary N) is 1. The van der Waals surface area contributed by atoms with Crippen LogP contribution in [0, 0.1) is 5.92 Å². The van der Waals surface area contributed by atoms with Crippen molar-refractivity contribution in [2.45, 2.75) is 32.9 Å². The lowest BCUT2D eigenvalue weighted by Gasteiger charge is -2.15. The molecular formula is C16H26N2O3. The number of hydrogen-bond donors (Lipinski definition) is 2. The van der Waals surface area contributed by atoms with Crippen molar-refractivity contribution in [2.24, 2.45) is 11.7 Å². The van der Waals surface area contributed by atoms with Crippen LogP contribution in [0.5, 0.6) is 5.75 Å². The second-order valence-corrected chi connectivity index (χ2v) is 5.33. The van der Waals surface area contributed by atoms with Crippen LogP contribution in [0.15, 0.2) is 24.3 Å².